The van der Waals surface area contributed by atoms with Gasteiger partial charge in [0, 0.05) is 40.8 Å². The predicted octanol–water partition coefficient (Wildman–Crippen LogP) is 6.66. The van der Waals surface area contributed by atoms with Gasteiger partial charge in [-0.05, 0) is 65.9 Å². The first kappa shape index (κ1) is 27.3. The third kappa shape index (κ3) is 6.57. The van der Waals surface area contributed by atoms with Crippen LogP contribution in [0.25, 0.3) is 11.3 Å². The molecule has 0 saturated heterocycles. The van der Waals surface area contributed by atoms with Gasteiger partial charge in [-0.3, -0.25) is 9.59 Å². The van der Waals surface area contributed by atoms with Crippen LogP contribution in [0.4, 0.5) is 17.3 Å². The molecule has 0 aliphatic rings. The highest BCUT2D eigenvalue weighted by Crippen LogP contribution is 2.30. The molecule has 0 unspecified atom stereocenters. The lowest BCUT2D eigenvalue weighted by Crippen LogP contribution is -2.22. The number of hydrogen-bond donors (Lipinski definition) is 3. The van der Waals surface area contributed by atoms with E-state index in [1.54, 1.807) is 36.5 Å². The molecule has 0 aliphatic carbocycles. The third-order valence-corrected chi connectivity index (χ3v) is 6.30. The molecule has 0 radical (unpaired) electrons. The normalized spacial score (nSPS) is 11.0. The summed E-state index contributed by atoms with van der Waals surface area (Å²) < 4.78 is 0. The van der Waals surface area contributed by atoms with Crippen molar-refractivity contribution in [1.82, 2.24) is 15.3 Å². The summed E-state index contributed by atoms with van der Waals surface area (Å²) in [4.78, 5) is 34.4. The first-order valence-corrected chi connectivity index (χ1v) is 12.8. The highest BCUT2D eigenvalue weighted by atomic mass is 16.2. The fourth-order valence-corrected chi connectivity index (χ4v) is 4.24. The molecule has 3 aromatic carbocycles. The molecule has 0 fully saturated rings. The Morgan fingerprint density at radius 1 is 0.923 bits per heavy atom. The van der Waals surface area contributed by atoms with Gasteiger partial charge in [0.15, 0.2) is 0 Å². The molecule has 0 bridgehead atoms. The first-order chi connectivity index (χ1) is 18.7. The van der Waals surface area contributed by atoms with Gasteiger partial charge in [-0.2, -0.15) is 0 Å². The Morgan fingerprint density at radius 3 is 2.38 bits per heavy atom. The molecule has 0 spiro atoms. The van der Waals surface area contributed by atoms with Crippen LogP contribution in [0, 0.1) is 6.92 Å². The van der Waals surface area contributed by atoms with Crippen molar-refractivity contribution >= 4 is 29.1 Å². The summed E-state index contributed by atoms with van der Waals surface area (Å²) in [6, 6.07) is 22.4. The lowest BCUT2D eigenvalue weighted by molar-refractivity contribution is 0.0957. The largest absolute Gasteiger partial charge is 0.349 e. The van der Waals surface area contributed by atoms with E-state index in [4.69, 9.17) is 4.98 Å². The molecule has 3 N–H and O–H groups in total. The van der Waals surface area contributed by atoms with Gasteiger partial charge in [0.05, 0.1) is 5.69 Å². The van der Waals surface area contributed by atoms with Gasteiger partial charge in [0.25, 0.3) is 11.8 Å². The zero-order valence-corrected chi connectivity index (χ0v) is 22.7. The molecular weight excluding hydrogens is 486 g/mol. The summed E-state index contributed by atoms with van der Waals surface area (Å²) in [6.45, 7) is 12.3. The van der Waals surface area contributed by atoms with Crippen molar-refractivity contribution in [2.75, 3.05) is 17.2 Å². The number of carbonyl (C=O) groups excluding carboxylic acids is 2. The van der Waals surface area contributed by atoms with Gasteiger partial charge in [-0.25, -0.2) is 9.97 Å². The molecule has 0 saturated carbocycles. The second-order valence-corrected chi connectivity index (χ2v) is 10.2. The topological polar surface area (TPSA) is 96.0 Å². The molecule has 4 aromatic rings. The Morgan fingerprint density at radius 2 is 1.67 bits per heavy atom. The van der Waals surface area contributed by atoms with Crippen molar-refractivity contribution in [3.63, 3.8) is 0 Å². The average molecular weight is 520 g/mol. The van der Waals surface area contributed by atoms with Gasteiger partial charge >= 0.3 is 0 Å². The van der Waals surface area contributed by atoms with Crippen LogP contribution in [-0.4, -0.2) is 28.3 Å². The fourth-order valence-electron chi connectivity index (χ4n) is 4.24. The highest BCUT2D eigenvalue weighted by Gasteiger charge is 2.22. The molecule has 198 valence electrons. The van der Waals surface area contributed by atoms with E-state index in [0.29, 0.717) is 23.6 Å². The van der Waals surface area contributed by atoms with Crippen molar-refractivity contribution in [2.24, 2.45) is 0 Å². The standard InChI is InChI=1S/C32H33N5O2/c1-6-19-33-29(38)22-14-16-23(17-15-22)35-31-34-20-18-28(37-31)24-11-9-13-27(21(24)2)36-30(39)25-10-7-8-12-26(25)32(3,4)5/h6-18,20H,1,19H2,2-5H3,(H,33,38)(H,36,39)(H,34,35,37). The smallest absolute Gasteiger partial charge is 0.255 e. The molecule has 2 amide bonds. The molecule has 0 atom stereocenters. The minimum Gasteiger partial charge on any atom is -0.349 e. The Kier molecular flexibility index (Phi) is 8.20. The van der Waals surface area contributed by atoms with Crippen LogP contribution in [0.5, 0.6) is 0 Å². The van der Waals surface area contributed by atoms with E-state index in [2.05, 4.69) is 48.3 Å². The summed E-state index contributed by atoms with van der Waals surface area (Å²) >= 11 is 0. The Balaban J connectivity index is 1.54. The maximum atomic E-state index is 13.3. The molecule has 7 nitrogen and oxygen atoms in total. The first-order valence-electron chi connectivity index (χ1n) is 12.8. The zero-order chi connectivity index (χ0) is 28.0. The van der Waals surface area contributed by atoms with E-state index in [-0.39, 0.29) is 17.2 Å². The number of anilines is 3. The molecule has 1 aromatic heterocycles. The van der Waals surface area contributed by atoms with E-state index < -0.39 is 0 Å². The van der Waals surface area contributed by atoms with Crippen LogP contribution in [0.1, 0.15) is 52.6 Å². The maximum absolute atomic E-state index is 13.3. The quantitative estimate of drug-likeness (QED) is 0.226. The van der Waals surface area contributed by atoms with Gasteiger partial charge < -0.3 is 16.0 Å². The third-order valence-electron chi connectivity index (χ3n) is 6.30. The second kappa shape index (κ2) is 11.7. The summed E-state index contributed by atoms with van der Waals surface area (Å²) in [5, 5.41) is 9.04. The number of aromatic nitrogens is 2. The summed E-state index contributed by atoms with van der Waals surface area (Å²) in [5.74, 6) is 0.112. The minimum absolute atomic E-state index is 0.146. The zero-order valence-electron chi connectivity index (χ0n) is 22.7. The van der Waals surface area contributed by atoms with E-state index in [1.807, 2.05) is 55.5 Å². The van der Waals surface area contributed by atoms with Crippen molar-refractivity contribution in [3.8, 4) is 11.3 Å². The number of carbonyl (C=O) groups is 2. The second-order valence-electron chi connectivity index (χ2n) is 10.2. The minimum atomic E-state index is -0.163. The van der Waals surface area contributed by atoms with Crippen molar-refractivity contribution in [1.29, 1.82) is 0 Å². The number of benzene rings is 3. The highest BCUT2D eigenvalue weighted by molar-refractivity contribution is 6.06. The molecule has 1 heterocycles. The fraction of sp³-hybridized carbons (Fsp3) is 0.188. The van der Waals surface area contributed by atoms with Crippen molar-refractivity contribution in [2.45, 2.75) is 33.1 Å². The molecule has 0 aliphatic heterocycles. The van der Waals surface area contributed by atoms with Crippen molar-refractivity contribution in [3.05, 3.63) is 114 Å². The van der Waals surface area contributed by atoms with Gasteiger partial charge in [0.1, 0.15) is 0 Å². The van der Waals surface area contributed by atoms with E-state index >= 15 is 0 Å². The van der Waals surface area contributed by atoms with Crippen molar-refractivity contribution < 1.29 is 9.59 Å². The summed E-state index contributed by atoms with van der Waals surface area (Å²) in [7, 11) is 0. The van der Waals surface area contributed by atoms with E-state index in [9.17, 15) is 9.59 Å². The number of hydrogen-bond acceptors (Lipinski definition) is 5. The van der Waals surface area contributed by atoms with Crippen LogP contribution in [0.15, 0.2) is 91.6 Å². The molecular formula is C32H33N5O2. The van der Waals surface area contributed by atoms with Gasteiger partial charge in [0.2, 0.25) is 5.95 Å². The lowest BCUT2D eigenvalue weighted by Gasteiger charge is -2.22. The monoisotopic (exact) mass is 519 g/mol. The molecule has 7 heteroatoms. The van der Waals surface area contributed by atoms with E-state index in [0.717, 1.165) is 33.8 Å². The lowest BCUT2D eigenvalue weighted by atomic mass is 9.83. The Bertz CT molecular complexity index is 1500. The Labute approximate surface area is 229 Å². The number of rotatable bonds is 8. The van der Waals surface area contributed by atoms with Crippen LogP contribution in [-0.2, 0) is 5.41 Å². The van der Waals surface area contributed by atoms with E-state index in [1.165, 1.54) is 0 Å². The number of nitrogens with zero attached hydrogens (tertiary/aromatic N) is 2. The van der Waals surface area contributed by atoms with Crippen LogP contribution in [0.2, 0.25) is 0 Å². The molecule has 39 heavy (non-hydrogen) atoms. The number of nitrogens with one attached hydrogen (secondary N) is 3. The van der Waals surface area contributed by atoms with Gasteiger partial charge in [-0.1, -0.05) is 57.2 Å². The van der Waals surface area contributed by atoms with Crippen LogP contribution >= 0.6 is 0 Å². The molecule has 4 rings (SSSR count). The average Bonchev–Trinajstić information content (AvgIpc) is 2.93. The summed E-state index contributed by atoms with van der Waals surface area (Å²) in [6.07, 6.45) is 3.32. The van der Waals surface area contributed by atoms with Crippen LogP contribution in [0.3, 0.4) is 0 Å². The predicted molar refractivity (Wildman–Crippen MR) is 158 cm³/mol. The van der Waals surface area contributed by atoms with Gasteiger partial charge in [-0.15, -0.1) is 6.58 Å². The summed E-state index contributed by atoms with van der Waals surface area (Å²) in [5.41, 5.74) is 6.03. The Hall–Kier alpha value is -4.78. The number of amides is 2. The van der Waals surface area contributed by atoms with Crippen LogP contribution < -0.4 is 16.0 Å². The SMILES string of the molecule is C=CCNC(=O)c1ccc(Nc2nccc(-c3cccc(NC(=O)c4ccccc4C(C)(C)C)c3C)n2)cc1. The maximum Gasteiger partial charge on any atom is 0.255 e.